The van der Waals surface area contributed by atoms with Crippen LogP contribution >= 0.6 is 11.6 Å². The summed E-state index contributed by atoms with van der Waals surface area (Å²) >= 11 is 5.72. The molecule has 2 aromatic rings. The summed E-state index contributed by atoms with van der Waals surface area (Å²) in [6.07, 6.45) is 1.58. The topological polar surface area (TPSA) is 44.9 Å². The van der Waals surface area contributed by atoms with E-state index < -0.39 is 0 Å². The fourth-order valence-electron chi connectivity index (χ4n) is 1.33. The number of anilines is 1. The number of H-pyrrole nitrogens is 1. The highest BCUT2D eigenvalue weighted by Gasteiger charge is 2.07. The minimum absolute atomic E-state index is 0.198. The minimum atomic E-state index is -0.198. The van der Waals surface area contributed by atoms with Gasteiger partial charge in [-0.05, 0) is 25.1 Å². The third-order valence-corrected chi connectivity index (χ3v) is 2.42. The van der Waals surface area contributed by atoms with Crippen LogP contribution in [-0.4, -0.2) is 10.9 Å². The van der Waals surface area contributed by atoms with Crippen LogP contribution in [0.1, 0.15) is 16.1 Å². The van der Waals surface area contributed by atoms with Gasteiger partial charge < -0.3 is 10.3 Å². The number of aromatic nitrogens is 1. The largest absolute Gasteiger partial charge is 0.356 e. The molecule has 1 heterocycles. The Bertz CT molecular complexity index is 502. The van der Waals surface area contributed by atoms with Gasteiger partial charge in [-0.25, -0.2) is 0 Å². The summed E-state index contributed by atoms with van der Waals surface area (Å²) in [7, 11) is 0. The Morgan fingerprint density at radius 2 is 2.00 bits per heavy atom. The first kappa shape index (κ1) is 10.8. The molecule has 4 heteroatoms. The lowest BCUT2D eigenvalue weighted by Crippen LogP contribution is -2.11. The maximum absolute atomic E-state index is 11.7. The summed E-state index contributed by atoms with van der Waals surface area (Å²) in [5.41, 5.74) is 2.37. The second kappa shape index (κ2) is 4.41. The monoisotopic (exact) mass is 234 g/mol. The van der Waals surface area contributed by atoms with E-state index in [1.165, 1.54) is 0 Å². The molecule has 1 amide bonds. The molecular weight excluding hydrogens is 224 g/mol. The van der Waals surface area contributed by atoms with E-state index in [4.69, 9.17) is 11.6 Å². The fourth-order valence-corrected chi connectivity index (χ4v) is 1.50. The van der Waals surface area contributed by atoms with Crippen molar-refractivity contribution >= 4 is 23.2 Å². The Kier molecular flexibility index (Phi) is 2.97. The van der Waals surface area contributed by atoms with Crippen LogP contribution in [0, 0.1) is 6.92 Å². The first-order valence-electron chi connectivity index (χ1n) is 4.87. The van der Waals surface area contributed by atoms with Crippen molar-refractivity contribution in [3.63, 3.8) is 0 Å². The zero-order valence-electron chi connectivity index (χ0n) is 8.75. The number of benzene rings is 1. The molecule has 82 valence electrons. The van der Waals surface area contributed by atoms with Crippen LogP contribution in [0.3, 0.4) is 0 Å². The van der Waals surface area contributed by atoms with Crippen LogP contribution in [0.2, 0.25) is 5.02 Å². The predicted octanol–water partition coefficient (Wildman–Crippen LogP) is 3.23. The molecule has 0 spiro atoms. The maximum Gasteiger partial charge on any atom is 0.272 e. The van der Waals surface area contributed by atoms with Gasteiger partial charge in [0, 0.05) is 11.9 Å². The summed E-state index contributed by atoms with van der Waals surface area (Å²) in [6, 6.07) is 9.19. The molecule has 0 radical (unpaired) electrons. The van der Waals surface area contributed by atoms with Crippen molar-refractivity contribution < 1.29 is 4.79 Å². The van der Waals surface area contributed by atoms with Gasteiger partial charge in [0.2, 0.25) is 0 Å². The van der Waals surface area contributed by atoms with Gasteiger partial charge in [0.25, 0.3) is 5.91 Å². The Morgan fingerprint density at radius 3 is 2.56 bits per heavy atom. The van der Waals surface area contributed by atoms with Crippen LogP contribution in [0.4, 0.5) is 5.69 Å². The van der Waals surface area contributed by atoms with Crippen molar-refractivity contribution in [3.05, 3.63) is 52.8 Å². The van der Waals surface area contributed by atoms with Crippen molar-refractivity contribution in [1.29, 1.82) is 0 Å². The molecule has 1 aromatic heterocycles. The molecule has 16 heavy (non-hydrogen) atoms. The van der Waals surface area contributed by atoms with E-state index in [-0.39, 0.29) is 5.91 Å². The number of aryl methyl sites for hydroxylation is 1. The summed E-state index contributed by atoms with van der Waals surface area (Å²) in [6.45, 7) is 2.00. The molecule has 0 aliphatic carbocycles. The van der Waals surface area contributed by atoms with Gasteiger partial charge in [-0.2, -0.15) is 0 Å². The quantitative estimate of drug-likeness (QED) is 0.823. The van der Waals surface area contributed by atoms with Crippen LogP contribution in [-0.2, 0) is 0 Å². The highest BCUT2D eigenvalue weighted by atomic mass is 35.5. The van der Waals surface area contributed by atoms with E-state index in [1.54, 1.807) is 12.3 Å². The number of rotatable bonds is 2. The number of hydrogen-bond acceptors (Lipinski definition) is 1. The average molecular weight is 235 g/mol. The molecule has 0 aliphatic heterocycles. The number of aromatic amines is 1. The zero-order chi connectivity index (χ0) is 11.5. The van der Waals surface area contributed by atoms with E-state index in [9.17, 15) is 4.79 Å². The Hall–Kier alpha value is -1.74. The summed E-state index contributed by atoms with van der Waals surface area (Å²) in [5, 5.41) is 3.29. The molecule has 0 saturated carbocycles. The summed E-state index contributed by atoms with van der Waals surface area (Å²) in [4.78, 5) is 14.5. The van der Waals surface area contributed by atoms with E-state index in [0.29, 0.717) is 10.7 Å². The molecule has 3 nitrogen and oxygen atoms in total. The van der Waals surface area contributed by atoms with Crippen molar-refractivity contribution in [1.82, 2.24) is 4.98 Å². The molecule has 0 saturated heterocycles. The SMILES string of the molecule is Cc1ccc(NC(=O)c2cc(Cl)c[nH]2)cc1. The first-order valence-corrected chi connectivity index (χ1v) is 5.25. The number of carbonyl (C=O) groups excluding carboxylic acids is 1. The first-order chi connectivity index (χ1) is 7.65. The molecule has 0 bridgehead atoms. The van der Waals surface area contributed by atoms with Gasteiger partial charge in [0.15, 0.2) is 0 Å². The molecule has 0 fully saturated rings. The number of carbonyl (C=O) groups is 1. The Morgan fingerprint density at radius 1 is 1.31 bits per heavy atom. The number of halogens is 1. The molecule has 0 aliphatic rings. The molecular formula is C12H11ClN2O. The summed E-state index contributed by atoms with van der Waals surface area (Å²) in [5.74, 6) is -0.198. The lowest BCUT2D eigenvalue weighted by molar-refractivity contribution is 0.102. The lowest BCUT2D eigenvalue weighted by atomic mass is 10.2. The van der Waals surface area contributed by atoms with E-state index in [1.807, 2.05) is 31.2 Å². The van der Waals surface area contributed by atoms with Crippen LogP contribution in [0.5, 0.6) is 0 Å². The lowest BCUT2D eigenvalue weighted by Gasteiger charge is -2.03. The van der Waals surface area contributed by atoms with Crippen molar-refractivity contribution in [2.75, 3.05) is 5.32 Å². The predicted molar refractivity (Wildman–Crippen MR) is 64.9 cm³/mol. The zero-order valence-corrected chi connectivity index (χ0v) is 9.51. The smallest absolute Gasteiger partial charge is 0.272 e. The van der Waals surface area contributed by atoms with E-state index in [2.05, 4.69) is 10.3 Å². The molecule has 2 N–H and O–H groups in total. The minimum Gasteiger partial charge on any atom is -0.356 e. The van der Waals surface area contributed by atoms with Gasteiger partial charge >= 0.3 is 0 Å². The third-order valence-electron chi connectivity index (χ3n) is 2.20. The third kappa shape index (κ3) is 2.44. The molecule has 1 aromatic carbocycles. The van der Waals surface area contributed by atoms with Crippen LogP contribution in [0.15, 0.2) is 36.5 Å². The van der Waals surface area contributed by atoms with Crippen LogP contribution < -0.4 is 5.32 Å². The Labute approximate surface area is 98.4 Å². The van der Waals surface area contributed by atoms with Gasteiger partial charge in [-0.15, -0.1) is 0 Å². The summed E-state index contributed by atoms with van der Waals surface area (Å²) < 4.78 is 0. The normalized spacial score (nSPS) is 10.1. The highest BCUT2D eigenvalue weighted by molar-refractivity contribution is 6.31. The maximum atomic E-state index is 11.7. The van der Waals surface area contributed by atoms with Gasteiger partial charge in [-0.3, -0.25) is 4.79 Å². The van der Waals surface area contributed by atoms with E-state index >= 15 is 0 Å². The highest BCUT2D eigenvalue weighted by Crippen LogP contribution is 2.13. The second-order valence-electron chi connectivity index (χ2n) is 3.55. The van der Waals surface area contributed by atoms with Crippen molar-refractivity contribution in [2.45, 2.75) is 6.92 Å². The molecule has 2 rings (SSSR count). The van der Waals surface area contributed by atoms with E-state index in [0.717, 1.165) is 11.3 Å². The van der Waals surface area contributed by atoms with Gasteiger partial charge in [0.05, 0.1) is 5.02 Å². The fraction of sp³-hybridized carbons (Fsp3) is 0.0833. The van der Waals surface area contributed by atoms with Gasteiger partial charge in [-0.1, -0.05) is 29.3 Å². The van der Waals surface area contributed by atoms with Crippen LogP contribution in [0.25, 0.3) is 0 Å². The molecule has 0 atom stereocenters. The number of hydrogen-bond donors (Lipinski definition) is 2. The number of amides is 1. The van der Waals surface area contributed by atoms with Crippen molar-refractivity contribution in [3.8, 4) is 0 Å². The number of nitrogens with one attached hydrogen (secondary N) is 2. The second-order valence-corrected chi connectivity index (χ2v) is 3.99. The molecule has 0 unspecified atom stereocenters. The van der Waals surface area contributed by atoms with Crippen molar-refractivity contribution in [2.24, 2.45) is 0 Å². The average Bonchev–Trinajstić information content (AvgIpc) is 2.68. The van der Waals surface area contributed by atoms with Gasteiger partial charge in [0.1, 0.15) is 5.69 Å². The Balaban J connectivity index is 2.10. The standard InChI is InChI=1S/C12H11ClN2O/c1-8-2-4-10(5-3-8)15-12(16)11-6-9(13)7-14-11/h2-7,14H,1H3,(H,15,16).